The standard InChI is InChI=1S/C19H20F3N3O3S/c1-12-8-13(2)18(14(3)9-12)29(27,28)24-11-17(26)25-23-10-15-6-4-5-7-16(15)19(20,21)22/h4-10,24H,11H2,1-3H3,(H,25,26)/b23-10-. The van der Waals surface area contributed by atoms with E-state index in [0.717, 1.165) is 17.8 Å². The van der Waals surface area contributed by atoms with Crippen LogP contribution in [-0.2, 0) is 21.0 Å². The molecule has 156 valence electrons. The van der Waals surface area contributed by atoms with E-state index in [-0.39, 0.29) is 10.5 Å². The van der Waals surface area contributed by atoms with Gasteiger partial charge < -0.3 is 0 Å². The molecule has 2 N–H and O–H groups in total. The van der Waals surface area contributed by atoms with Crippen molar-refractivity contribution in [2.75, 3.05) is 6.54 Å². The van der Waals surface area contributed by atoms with Gasteiger partial charge in [-0.2, -0.15) is 18.3 Å². The number of carbonyl (C=O) groups excluding carboxylic acids is 1. The fourth-order valence-electron chi connectivity index (χ4n) is 2.90. The molecule has 6 nitrogen and oxygen atoms in total. The van der Waals surface area contributed by atoms with E-state index in [2.05, 4.69) is 9.82 Å². The normalized spacial score (nSPS) is 12.3. The molecule has 0 aliphatic carbocycles. The van der Waals surface area contributed by atoms with Crippen LogP contribution in [0.2, 0.25) is 0 Å². The number of hydrogen-bond donors (Lipinski definition) is 2. The van der Waals surface area contributed by atoms with Crippen LogP contribution in [0.1, 0.15) is 27.8 Å². The van der Waals surface area contributed by atoms with Crippen molar-refractivity contribution in [3.8, 4) is 0 Å². The summed E-state index contributed by atoms with van der Waals surface area (Å²) in [6, 6.07) is 8.16. The molecule has 2 aromatic carbocycles. The maximum absolute atomic E-state index is 12.9. The number of amides is 1. The Hall–Kier alpha value is -2.72. The second-order valence-corrected chi connectivity index (χ2v) is 8.13. The van der Waals surface area contributed by atoms with Crippen LogP contribution < -0.4 is 10.1 Å². The summed E-state index contributed by atoms with van der Waals surface area (Å²) in [5, 5.41) is 3.48. The second kappa shape index (κ2) is 8.75. The number of nitrogens with one attached hydrogen (secondary N) is 2. The molecule has 0 fully saturated rings. The van der Waals surface area contributed by atoms with Gasteiger partial charge in [0.1, 0.15) is 0 Å². The molecule has 29 heavy (non-hydrogen) atoms. The SMILES string of the molecule is Cc1cc(C)c(S(=O)(=O)NCC(=O)N/N=C\c2ccccc2C(F)(F)F)c(C)c1. The average Bonchev–Trinajstić information content (AvgIpc) is 2.58. The zero-order valence-electron chi connectivity index (χ0n) is 16.0. The predicted molar refractivity (Wildman–Crippen MR) is 103 cm³/mol. The summed E-state index contributed by atoms with van der Waals surface area (Å²) >= 11 is 0. The molecular formula is C19H20F3N3O3S. The molecular weight excluding hydrogens is 407 g/mol. The molecule has 0 atom stereocenters. The highest BCUT2D eigenvalue weighted by molar-refractivity contribution is 7.89. The Morgan fingerprint density at radius 2 is 1.69 bits per heavy atom. The van der Waals surface area contributed by atoms with E-state index in [1.165, 1.54) is 18.2 Å². The lowest BCUT2D eigenvalue weighted by atomic mass is 10.1. The molecule has 2 rings (SSSR count). The van der Waals surface area contributed by atoms with Gasteiger partial charge in [-0.1, -0.05) is 35.9 Å². The first-order valence-corrected chi connectivity index (χ1v) is 9.96. The number of sulfonamides is 1. The molecule has 0 unspecified atom stereocenters. The van der Waals surface area contributed by atoms with Crippen molar-refractivity contribution < 1.29 is 26.4 Å². The number of rotatable bonds is 6. The van der Waals surface area contributed by atoms with Gasteiger partial charge in [0, 0.05) is 5.56 Å². The lowest BCUT2D eigenvalue weighted by Gasteiger charge is -2.12. The van der Waals surface area contributed by atoms with Crippen LogP contribution in [-0.4, -0.2) is 27.1 Å². The summed E-state index contributed by atoms with van der Waals surface area (Å²) in [6.45, 7) is 4.52. The smallest absolute Gasteiger partial charge is 0.272 e. The van der Waals surface area contributed by atoms with Crippen LogP contribution in [0.3, 0.4) is 0 Å². The first-order valence-electron chi connectivity index (χ1n) is 8.47. The fourth-order valence-corrected chi connectivity index (χ4v) is 4.34. The average molecular weight is 427 g/mol. The minimum Gasteiger partial charge on any atom is -0.272 e. The molecule has 0 saturated carbocycles. The van der Waals surface area contributed by atoms with E-state index >= 15 is 0 Å². The summed E-state index contributed by atoms with van der Waals surface area (Å²) < 4.78 is 65.9. The molecule has 0 heterocycles. The Morgan fingerprint density at radius 3 is 2.28 bits per heavy atom. The van der Waals surface area contributed by atoms with Gasteiger partial charge in [-0.15, -0.1) is 0 Å². The highest BCUT2D eigenvalue weighted by atomic mass is 32.2. The van der Waals surface area contributed by atoms with E-state index < -0.39 is 34.2 Å². The van der Waals surface area contributed by atoms with Crippen LogP contribution in [0.15, 0.2) is 46.4 Å². The highest BCUT2D eigenvalue weighted by Crippen LogP contribution is 2.31. The largest absolute Gasteiger partial charge is 0.417 e. The Kier molecular flexibility index (Phi) is 6.81. The molecule has 0 aliphatic heterocycles. The third-order valence-corrected chi connectivity index (χ3v) is 5.66. The van der Waals surface area contributed by atoms with Crippen LogP contribution in [0.25, 0.3) is 0 Å². The molecule has 0 aromatic heterocycles. The monoisotopic (exact) mass is 427 g/mol. The molecule has 0 aliphatic rings. The van der Waals surface area contributed by atoms with Crippen molar-refractivity contribution in [3.05, 3.63) is 64.2 Å². The number of alkyl halides is 3. The summed E-state index contributed by atoms with van der Waals surface area (Å²) in [5.74, 6) is -0.822. The number of nitrogens with zero attached hydrogens (tertiary/aromatic N) is 1. The van der Waals surface area contributed by atoms with Gasteiger partial charge >= 0.3 is 6.18 Å². The van der Waals surface area contributed by atoms with Crippen molar-refractivity contribution >= 4 is 22.1 Å². The zero-order chi connectivity index (χ0) is 21.8. The molecule has 2 aromatic rings. The van der Waals surface area contributed by atoms with Gasteiger partial charge in [0.2, 0.25) is 10.0 Å². The maximum atomic E-state index is 12.9. The van der Waals surface area contributed by atoms with E-state index in [1.807, 2.05) is 12.3 Å². The lowest BCUT2D eigenvalue weighted by molar-refractivity contribution is -0.137. The van der Waals surface area contributed by atoms with Gasteiger partial charge in [0.15, 0.2) is 0 Å². The van der Waals surface area contributed by atoms with Crippen LogP contribution in [0, 0.1) is 20.8 Å². The number of aryl methyl sites for hydroxylation is 3. The van der Waals surface area contributed by atoms with E-state index in [9.17, 15) is 26.4 Å². The topological polar surface area (TPSA) is 87.6 Å². The first-order chi connectivity index (χ1) is 13.4. The predicted octanol–water partition coefficient (Wildman–Crippen LogP) is 3.06. The minimum atomic E-state index is -4.56. The van der Waals surface area contributed by atoms with Crippen molar-refractivity contribution in [1.29, 1.82) is 0 Å². The molecule has 0 bridgehead atoms. The maximum Gasteiger partial charge on any atom is 0.417 e. The number of hydrogen-bond acceptors (Lipinski definition) is 4. The number of halogens is 3. The van der Waals surface area contributed by atoms with Crippen LogP contribution >= 0.6 is 0 Å². The Morgan fingerprint density at radius 1 is 1.10 bits per heavy atom. The van der Waals surface area contributed by atoms with Crippen molar-refractivity contribution in [3.63, 3.8) is 0 Å². The van der Waals surface area contributed by atoms with Gasteiger partial charge in [0.25, 0.3) is 5.91 Å². The fraction of sp³-hybridized carbons (Fsp3) is 0.263. The van der Waals surface area contributed by atoms with Crippen LogP contribution in [0.4, 0.5) is 13.2 Å². The second-order valence-electron chi connectivity index (χ2n) is 6.43. The molecule has 0 radical (unpaired) electrons. The molecule has 10 heteroatoms. The quantitative estimate of drug-likeness (QED) is 0.549. The Labute approximate surface area is 166 Å². The number of carbonyl (C=O) groups is 1. The van der Waals surface area contributed by atoms with Gasteiger partial charge in [-0.05, 0) is 38.0 Å². The third kappa shape index (κ3) is 5.88. The summed E-state index contributed by atoms with van der Waals surface area (Å²) in [4.78, 5) is 11.9. The number of benzene rings is 2. The summed E-state index contributed by atoms with van der Waals surface area (Å²) in [7, 11) is -3.95. The van der Waals surface area contributed by atoms with Crippen molar-refractivity contribution in [2.45, 2.75) is 31.8 Å². The van der Waals surface area contributed by atoms with E-state index in [0.29, 0.717) is 11.1 Å². The minimum absolute atomic E-state index is 0.0819. The first kappa shape index (κ1) is 22.6. The van der Waals surface area contributed by atoms with Crippen molar-refractivity contribution in [2.24, 2.45) is 5.10 Å². The summed E-state index contributed by atoms with van der Waals surface area (Å²) in [5.41, 5.74) is 2.87. The van der Waals surface area contributed by atoms with Crippen molar-refractivity contribution in [1.82, 2.24) is 10.1 Å². The molecule has 0 saturated heterocycles. The van der Waals surface area contributed by atoms with Gasteiger partial charge in [-0.3, -0.25) is 4.79 Å². The van der Waals surface area contributed by atoms with E-state index in [1.54, 1.807) is 26.0 Å². The Bertz CT molecular complexity index is 1030. The zero-order valence-corrected chi connectivity index (χ0v) is 16.8. The van der Waals surface area contributed by atoms with Crippen LogP contribution in [0.5, 0.6) is 0 Å². The summed E-state index contributed by atoms with van der Waals surface area (Å²) in [6.07, 6.45) is -3.71. The van der Waals surface area contributed by atoms with Gasteiger partial charge in [0.05, 0.1) is 23.2 Å². The molecule has 0 spiro atoms. The lowest BCUT2D eigenvalue weighted by Crippen LogP contribution is -2.35. The third-order valence-electron chi connectivity index (χ3n) is 3.96. The molecule has 1 amide bonds. The number of hydrazone groups is 1. The van der Waals surface area contributed by atoms with E-state index in [4.69, 9.17) is 0 Å². The Balaban J connectivity index is 2.04. The van der Waals surface area contributed by atoms with Gasteiger partial charge in [-0.25, -0.2) is 18.6 Å². The highest BCUT2D eigenvalue weighted by Gasteiger charge is 2.32.